The fourth-order valence-electron chi connectivity index (χ4n) is 1.90. The first-order chi connectivity index (χ1) is 7.91. The monoisotopic (exact) mass is 233 g/mol. The van der Waals surface area contributed by atoms with Gasteiger partial charge < -0.3 is 5.73 Å². The molecular weight excluding hydrogens is 210 g/mol. The van der Waals surface area contributed by atoms with Crippen LogP contribution in [0.3, 0.4) is 0 Å². The number of Topliss-reactive ketones (excluding diaryl/α,β-unsaturated/α-hetero) is 1. The number of nitrogens with two attached hydrogens (primary N) is 1. The predicted octanol–water partition coefficient (Wildman–Crippen LogP) is 2.79. The largest absolute Gasteiger partial charge is 0.327 e. The van der Waals surface area contributed by atoms with Gasteiger partial charge in [0.15, 0.2) is 0 Å². The van der Waals surface area contributed by atoms with Gasteiger partial charge in [-0.3, -0.25) is 4.79 Å². The fourth-order valence-corrected chi connectivity index (χ4v) is 1.90. The summed E-state index contributed by atoms with van der Waals surface area (Å²) < 4.78 is 0. The van der Waals surface area contributed by atoms with Gasteiger partial charge in [0.25, 0.3) is 0 Å². The van der Waals surface area contributed by atoms with Gasteiger partial charge in [0, 0.05) is 18.9 Å². The average Bonchev–Trinajstić information content (AvgIpc) is 2.23. The van der Waals surface area contributed by atoms with E-state index < -0.39 is 0 Å². The Morgan fingerprint density at radius 2 is 1.76 bits per heavy atom. The molecule has 0 aliphatic carbocycles. The molecule has 0 saturated heterocycles. The molecule has 0 aliphatic rings. The second kappa shape index (κ2) is 5.97. The highest BCUT2D eigenvalue weighted by Gasteiger charge is 2.14. The van der Waals surface area contributed by atoms with Crippen molar-refractivity contribution in [1.29, 1.82) is 0 Å². The Labute approximate surface area is 104 Å². The van der Waals surface area contributed by atoms with E-state index in [1.165, 1.54) is 11.1 Å². The highest BCUT2D eigenvalue weighted by atomic mass is 16.1. The number of hydrogen-bond acceptors (Lipinski definition) is 2. The predicted molar refractivity (Wildman–Crippen MR) is 72.1 cm³/mol. The van der Waals surface area contributed by atoms with Crippen molar-refractivity contribution in [2.24, 2.45) is 11.7 Å². The summed E-state index contributed by atoms with van der Waals surface area (Å²) in [6.07, 6.45) is 0.990. The zero-order valence-corrected chi connectivity index (χ0v) is 11.3. The number of ketones is 1. The van der Waals surface area contributed by atoms with Crippen molar-refractivity contribution in [3.8, 4) is 0 Å². The molecule has 0 spiro atoms. The van der Waals surface area contributed by atoms with Crippen molar-refractivity contribution in [1.82, 2.24) is 0 Å². The topological polar surface area (TPSA) is 43.1 Å². The van der Waals surface area contributed by atoms with Crippen molar-refractivity contribution < 1.29 is 4.79 Å². The van der Waals surface area contributed by atoms with Crippen LogP contribution in [0.1, 0.15) is 37.0 Å². The van der Waals surface area contributed by atoms with E-state index in [2.05, 4.69) is 39.8 Å². The standard InChI is InChI=1S/C15H23NO/c1-10(2)15(16)9-13(17)8-14-11(3)6-5-7-12(14)4/h5-7,10,15H,8-9,16H2,1-4H3. The SMILES string of the molecule is Cc1cccc(C)c1CC(=O)CC(N)C(C)C. The highest BCUT2D eigenvalue weighted by Crippen LogP contribution is 2.15. The van der Waals surface area contributed by atoms with Gasteiger partial charge in [0.2, 0.25) is 0 Å². The number of carbonyl (C=O) groups excluding carboxylic acids is 1. The summed E-state index contributed by atoms with van der Waals surface area (Å²) in [5, 5.41) is 0. The van der Waals surface area contributed by atoms with Crippen LogP contribution in [0.15, 0.2) is 18.2 Å². The molecule has 1 unspecified atom stereocenters. The number of aryl methyl sites for hydroxylation is 2. The van der Waals surface area contributed by atoms with Crippen LogP contribution < -0.4 is 5.73 Å². The molecule has 1 rings (SSSR count). The van der Waals surface area contributed by atoms with Crippen LogP contribution in [0.4, 0.5) is 0 Å². The molecule has 0 radical (unpaired) electrons. The summed E-state index contributed by atoms with van der Waals surface area (Å²) in [5.74, 6) is 0.598. The molecule has 0 heterocycles. The molecule has 1 aromatic carbocycles. The van der Waals surface area contributed by atoms with Crippen LogP contribution in [0.2, 0.25) is 0 Å². The van der Waals surface area contributed by atoms with Crippen molar-refractivity contribution in [3.05, 3.63) is 34.9 Å². The molecule has 2 nitrogen and oxygen atoms in total. The van der Waals surface area contributed by atoms with E-state index in [1.807, 2.05) is 6.07 Å². The van der Waals surface area contributed by atoms with Gasteiger partial charge in [-0.15, -0.1) is 0 Å². The quantitative estimate of drug-likeness (QED) is 0.849. The third-order valence-corrected chi connectivity index (χ3v) is 3.34. The van der Waals surface area contributed by atoms with Gasteiger partial charge in [-0.1, -0.05) is 32.0 Å². The summed E-state index contributed by atoms with van der Waals surface area (Å²) >= 11 is 0. The van der Waals surface area contributed by atoms with Crippen molar-refractivity contribution in [3.63, 3.8) is 0 Å². The zero-order valence-electron chi connectivity index (χ0n) is 11.3. The molecule has 0 amide bonds. The lowest BCUT2D eigenvalue weighted by Gasteiger charge is -2.15. The van der Waals surface area contributed by atoms with Gasteiger partial charge in [-0.2, -0.15) is 0 Å². The molecule has 0 aliphatic heterocycles. The second-order valence-corrected chi connectivity index (χ2v) is 5.20. The Morgan fingerprint density at radius 3 is 2.24 bits per heavy atom. The van der Waals surface area contributed by atoms with Crippen molar-refractivity contribution in [2.45, 2.75) is 46.6 Å². The maximum absolute atomic E-state index is 12.0. The third kappa shape index (κ3) is 3.97. The van der Waals surface area contributed by atoms with Crippen molar-refractivity contribution in [2.75, 3.05) is 0 Å². The fraction of sp³-hybridized carbons (Fsp3) is 0.533. The molecule has 17 heavy (non-hydrogen) atoms. The lowest BCUT2D eigenvalue weighted by Crippen LogP contribution is -2.29. The van der Waals surface area contributed by atoms with Gasteiger partial charge in [0.05, 0.1) is 0 Å². The Hall–Kier alpha value is -1.15. The third-order valence-electron chi connectivity index (χ3n) is 3.34. The molecule has 1 atom stereocenters. The first kappa shape index (κ1) is 13.9. The Bertz CT molecular complexity index is 376. The summed E-state index contributed by atoms with van der Waals surface area (Å²) in [4.78, 5) is 12.0. The number of rotatable bonds is 5. The van der Waals surface area contributed by atoms with E-state index in [-0.39, 0.29) is 11.8 Å². The first-order valence-electron chi connectivity index (χ1n) is 6.24. The van der Waals surface area contributed by atoms with E-state index in [0.29, 0.717) is 18.8 Å². The van der Waals surface area contributed by atoms with Crippen LogP contribution in [0.25, 0.3) is 0 Å². The maximum Gasteiger partial charge on any atom is 0.138 e. The van der Waals surface area contributed by atoms with E-state index in [9.17, 15) is 4.79 Å². The first-order valence-corrected chi connectivity index (χ1v) is 6.24. The summed E-state index contributed by atoms with van der Waals surface area (Å²) in [6.45, 7) is 8.21. The summed E-state index contributed by atoms with van der Waals surface area (Å²) in [7, 11) is 0. The minimum absolute atomic E-state index is 0.0215. The van der Waals surface area contributed by atoms with E-state index >= 15 is 0 Å². The van der Waals surface area contributed by atoms with E-state index in [0.717, 1.165) is 5.56 Å². The molecule has 0 bridgehead atoms. The van der Waals surface area contributed by atoms with Crippen LogP contribution in [-0.4, -0.2) is 11.8 Å². The van der Waals surface area contributed by atoms with Crippen LogP contribution in [0.5, 0.6) is 0 Å². The maximum atomic E-state index is 12.0. The molecule has 0 fully saturated rings. The second-order valence-electron chi connectivity index (χ2n) is 5.20. The average molecular weight is 233 g/mol. The molecular formula is C15H23NO. The minimum Gasteiger partial charge on any atom is -0.327 e. The summed E-state index contributed by atoms with van der Waals surface area (Å²) in [5.41, 5.74) is 9.47. The number of benzene rings is 1. The van der Waals surface area contributed by atoms with Crippen LogP contribution in [0, 0.1) is 19.8 Å². The molecule has 1 aromatic rings. The van der Waals surface area contributed by atoms with Crippen LogP contribution in [-0.2, 0) is 11.2 Å². The van der Waals surface area contributed by atoms with Gasteiger partial charge in [-0.25, -0.2) is 0 Å². The van der Waals surface area contributed by atoms with Gasteiger partial charge in [0.1, 0.15) is 5.78 Å². The zero-order chi connectivity index (χ0) is 13.0. The Morgan fingerprint density at radius 1 is 1.24 bits per heavy atom. The Balaban J connectivity index is 2.69. The highest BCUT2D eigenvalue weighted by molar-refractivity contribution is 5.82. The van der Waals surface area contributed by atoms with Gasteiger partial charge in [-0.05, 0) is 36.5 Å². The number of carbonyl (C=O) groups is 1. The lowest BCUT2D eigenvalue weighted by molar-refractivity contribution is -0.119. The van der Waals surface area contributed by atoms with E-state index in [4.69, 9.17) is 5.73 Å². The van der Waals surface area contributed by atoms with Crippen molar-refractivity contribution >= 4 is 5.78 Å². The molecule has 2 N–H and O–H groups in total. The molecule has 0 aromatic heterocycles. The van der Waals surface area contributed by atoms with Gasteiger partial charge >= 0.3 is 0 Å². The summed E-state index contributed by atoms with van der Waals surface area (Å²) in [6, 6.07) is 6.11. The Kier molecular flexibility index (Phi) is 4.88. The minimum atomic E-state index is -0.0215. The lowest BCUT2D eigenvalue weighted by atomic mass is 9.93. The number of hydrogen-bond donors (Lipinski definition) is 1. The van der Waals surface area contributed by atoms with E-state index in [1.54, 1.807) is 0 Å². The smallest absolute Gasteiger partial charge is 0.138 e. The molecule has 94 valence electrons. The normalized spacial score (nSPS) is 12.8. The molecule has 2 heteroatoms. The van der Waals surface area contributed by atoms with Crippen LogP contribution >= 0.6 is 0 Å². The molecule has 0 saturated carbocycles.